The molecule has 2 fully saturated rings. The van der Waals surface area contributed by atoms with E-state index in [1.807, 2.05) is 6.07 Å². The SMILES string of the molecule is CN1CCCCC1CCOCC1CCN(c2ncnc3scc(-c4cccc(F)c4)c23)CC1. The fourth-order valence-electron chi connectivity index (χ4n) is 5.26. The molecule has 1 atom stereocenters. The van der Waals surface area contributed by atoms with E-state index in [0.717, 1.165) is 72.7 Å². The van der Waals surface area contributed by atoms with Crippen molar-refractivity contribution in [1.82, 2.24) is 14.9 Å². The smallest absolute Gasteiger partial charge is 0.141 e. The number of rotatable bonds is 7. The summed E-state index contributed by atoms with van der Waals surface area (Å²) in [4.78, 5) is 15.0. The molecule has 5 rings (SSSR count). The number of ether oxygens (including phenoxy) is 1. The summed E-state index contributed by atoms with van der Waals surface area (Å²) in [5.41, 5.74) is 1.90. The lowest BCUT2D eigenvalue weighted by Gasteiger charge is -2.34. The third kappa shape index (κ3) is 5.20. The number of nitrogens with zero attached hydrogens (tertiary/aromatic N) is 4. The molecule has 0 bridgehead atoms. The summed E-state index contributed by atoms with van der Waals surface area (Å²) in [5.74, 6) is 1.36. The van der Waals surface area contributed by atoms with E-state index in [0.29, 0.717) is 12.0 Å². The predicted molar refractivity (Wildman–Crippen MR) is 133 cm³/mol. The Labute approximate surface area is 199 Å². The highest BCUT2D eigenvalue weighted by atomic mass is 32.1. The molecule has 5 nitrogen and oxygen atoms in total. The van der Waals surface area contributed by atoms with Gasteiger partial charge < -0.3 is 14.5 Å². The van der Waals surface area contributed by atoms with Gasteiger partial charge in [-0.3, -0.25) is 0 Å². The summed E-state index contributed by atoms with van der Waals surface area (Å²) in [7, 11) is 2.25. The molecule has 0 saturated carbocycles. The Bertz CT molecular complexity index is 1070. The number of anilines is 1. The Balaban J connectivity index is 1.19. The van der Waals surface area contributed by atoms with Crippen LogP contribution in [0.1, 0.15) is 38.5 Å². The van der Waals surface area contributed by atoms with E-state index in [1.165, 1.54) is 31.9 Å². The van der Waals surface area contributed by atoms with Gasteiger partial charge in [-0.25, -0.2) is 14.4 Å². The van der Waals surface area contributed by atoms with Gasteiger partial charge in [-0.2, -0.15) is 0 Å². The van der Waals surface area contributed by atoms with Gasteiger partial charge in [0.25, 0.3) is 0 Å². The number of aromatic nitrogens is 2. The summed E-state index contributed by atoms with van der Waals surface area (Å²) < 4.78 is 20.0. The number of benzene rings is 1. The summed E-state index contributed by atoms with van der Waals surface area (Å²) in [6.45, 7) is 4.88. The second-order valence-electron chi connectivity index (χ2n) is 9.46. The van der Waals surface area contributed by atoms with E-state index in [4.69, 9.17) is 4.74 Å². The van der Waals surface area contributed by atoms with Gasteiger partial charge in [0.15, 0.2) is 0 Å². The molecule has 176 valence electrons. The van der Waals surface area contributed by atoms with Crippen LogP contribution in [0, 0.1) is 11.7 Å². The first-order valence-electron chi connectivity index (χ1n) is 12.2. The van der Waals surface area contributed by atoms with Crippen LogP contribution in [-0.2, 0) is 4.74 Å². The molecule has 1 aromatic carbocycles. The number of piperidine rings is 2. The first-order valence-corrected chi connectivity index (χ1v) is 13.1. The minimum absolute atomic E-state index is 0.221. The maximum absolute atomic E-state index is 13.9. The maximum atomic E-state index is 13.9. The van der Waals surface area contributed by atoms with Crippen molar-refractivity contribution in [3.8, 4) is 11.1 Å². The highest BCUT2D eigenvalue weighted by Crippen LogP contribution is 2.39. The number of fused-ring (bicyclic) bond motifs is 1. The Morgan fingerprint density at radius 2 is 2.00 bits per heavy atom. The zero-order chi connectivity index (χ0) is 22.6. The lowest BCUT2D eigenvalue weighted by Crippen LogP contribution is -2.37. The van der Waals surface area contributed by atoms with Crippen LogP contribution in [-0.4, -0.2) is 60.8 Å². The minimum atomic E-state index is -0.221. The molecule has 0 N–H and O–H groups in total. The standard InChI is InChI=1S/C26H33FN4OS/c1-30-11-3-2-7-22(30)10-14-32-16-19-8-12-31(13-9-19)25-24-23(17-33-26(24)29-18-28-25)20-5-4-6-21(27)15-20/h4-6,15,17-19,22H,2-3,7-14,16H2,1H3. The number of likely N-dealkylation sites (tertiary alicyclic amines) is 1. The van der Waals surface area contributed by atoms with Crippen molar-refractivity contribution in [1.29, 1.82) is 0 Å². The van der Waals surface area contributed by atoms with Gasteiger partial charge >= 0.3 is 0 Å². The summed E-state index contributed by atoms with van der Waals surface area (Å²) in [5, 5.41) is 3.11. The lowest BCUT2D eigenvalue weighted by atomic mass is 9.97. The van der Waals surface area contributed by atoms with Gasteiger partial charge in [0.1, 0.15) is 22.8 Å². The molecular weight excluding hydrogens is 435 g/mol. The number of thiophene rings is 1. The monoisotopic (exact) mass is 468 g/mol. The molecule has 1 unspecified atom stereocenters. The van der Waals surface area contributed by atoms with E-state index in [9.17, 15) is 4.39 Å². The third-order valence-corrected chi connectivity index (χ3v) is 8.16. The quantitative estimate of drug-likeness (QED) is 0.422. The van der Waals surface area contributed by atoms with E-state index in [-0.39, 0.29) is 5.82 Å². The Kier molecular flexibility index (Phi) is 7.19. The molecule has 0 amide bonds. The van der Waals surface area contributed by atoms with E-state index in [2.05, 4.69) is 32.2 Å². The van der Waals surface area contributed by atoms with Gasteiger partial charge in [-0.05, 0) is 69.3 Å². The predicted octanol–water partition coefficient (Wildman–Crippen LogP) is 5.60. The second-order valence-corrected chi connectivity index (χ2v) is 10.3. The Morgan fingerprint density at radius 1 is 1.12 bits per heavy atom. The van der Waals surface area contributed by atoms with Crippen molar-refractivity contribution in [2.75, 3.05) is 44.8 Å². The molecule has 7 heteroatoms. The Morgan fingerprint density at radius 3 is 2.82 bits per heavy atom. The average Bonchev–Trinajstić information content (AvgIpc) is 3.28. The second kappa shape index (κ2) is 10.5. The lowest BCUT2D eigenvalue weighted by molar-refractivity contribution is 0.0648. The van der Waals surface area contributed by atoms with Gasteiger partial charge in [-0.15, -0.1) is 11.3 Å². The molecule has 0 aliphatic carbocycles. The van der Waals surface area contributed by atoms with Crippen molar-refractivity contribution in [3.63, 3.8) is 0 Å². The van der Waals surface area contributed by atoms with Crippen molar-refractivity contribution < 1.29 is 9.13 Å². The van der Waals surface area contributed by atoms with Crippen LogP contribution in [0.2, 0.25) is 0 Å². The van der Waals surface area contributed by atoms with Gasteiger partial charge in [-0.1, -0.05) is 18.6 Å². The minimum Gasteiger partial charge on any atom is -0.381 e. The number of hydrogen-bond donors (Lipinski definition) is 0. The fourth-order valence-corrected chi connectivity index (χ4v) is 6.17. The summed E-state index contributed by atoms with van der Waals surface area (Å²) in [6.07, 6.45) is 9.01. The van der Waals surface area contributed by atoms with Gasteiger partial charge in [0.05, 0.1) is 5.39 Å². The zero-order valence-electron chi connectivity index (χ0n) is 19.4. The molecule has 2 aliphatic heterocycles. The molecule has 2 saturated heterocycles. The normalized spacial score (nSPS) is 20.5. The fraction of sp³-hybridized carbons (Fsp3) is 0.538. The number of halogens is 1. The van der Waals surface area contributed by atoms with Crippen LogP contribution < -0.4 is 4.90 Å². The first-order chi connectivity index (χ1) is 16.2. The highest BCUT2D eigenvalue weighted by Gasteiger charge is 2.24. The summed E-state index contributed by atoms with van der Waals surface area (Å²) in [6, 6.07) is 7.48. The molecule has 2 aliphatic rings. The van der Waals surface area contributed by atoms with Crippen LogP contribution in [0.15, 0.2) is 36.0 Å². The molecule has 0 radical (unpaired) electrons. The summed E-state index contributed by atoms with van der Waals surface area (Å²) >= 11 is 1.60. The van der Waals surface area contributed by atoms with Crippen LogP contribution in [0.4, 0.5) is 10.2 Å². The van der Waals surface area contributed by atoms with E-state index >= 15 is 0 Å². The van der Waals surface area contributed by atoms with Gasteiger partial charge in [0.2, 0.25) is 0 Å². The zero-order valence-corrected chi connectivity index (χ0v) is 20.2. The molecule has 4 heterocycles. The van der Waals surface area contributed by atoms with Crippen LogP contribution in [0.3, 0.4) is 0 Å². The van der Waals surface area contributed by atoms with E-state index < -0.39 is 0 Å². The largest absolute Gasteiger partial charge is 0.381 e. The molecule has 2 aromatic heterocycles. The first kappa shape index (κ1) is 22.7. The topological polar surface area (TPSA) is 41.5 Å². The molecule has 0 spiro atoms. The average molecular weight is 469 g/mol. The molecule has 3 aromatic rings. The number of hydrogen-bond acceptors (Lipinski definition) is 6. The van der Waals surface area contributed by atoms with Gasteiger partial charge in [0, 0.05) is 43.3 Å². The molecule has 33 heavy (non-hydrogen) atoms. The van der Waals surface area contributed by atoms with Crippen molar-refractivity contribution >= 4 is 27.4 Å². The van der Waals surface area contributed by atoms with Crippen LogP contribution in [0.5, 0.6) is 0 Å². The van der Waals surface area contributed by atoms with Crippen molar-refractivity contribution in [3.05, 3.63) is 41.8 Å². The highest BCUT2D eigenvalue weighted by molar-refractivity contribution is 7.17. The van der Waals surface area contributed by atoms with E-state index in [1.54, 1.807) is 29.8 Å². The third-order valence-electron chi connectivity index (χ3n) is 7.27. The van der Waals surface area contributed by atoms with Crippen molar-refractivity contribution in [2.45, 2.75) is 44.6 Å². The van der Waals surface area contributed by atoms with Crippen LogP contribution >= 0.6 is 11.3 Å². The maximum Gasteiger partial charge on any atom is 0.141 e. The van der Waals surface area contributed by atoms with Crippen molar-refractivity contribution in [2.24, 2.45) is 5.92 Å². The Hall–Kier alpha value is -2.09. The van der Waals surface area contributed by atoms with Crippen LogP contribution in [0.25, 0.3) is 21.3 Å². The molecular formula is C26H33FN4OS.